The van der Waals surface area contributed by atoms with Crippen molar-refractivity contribution in [3.05, 3.63) is 134 Å². The summed E-state index contributed by atoms with van der Waals surface area (Å²) in [5.74, 6) is -0.655. The molecule has 1 N–H and O–H groups in total. The van der Waals surface area contributed by atoms with E-state index in [4.69, 9.17) is 4.98 Å². The van der Waals surface area contributed by atoms with Crippen LogP contribution in [0.2, 0.25) is 0 Å². The SMILES string of the molecule is CN(C)C/C=C/C(=O)Cc1cccc(Cc2nc(-c3cccc(-n4ncc5cc(C(C)(C)C)cc(F)c5c4=O)c3CO)cn(C)c2=O)c1. The molecule has 48 heavy (non-hydrogen) atoms. The number of aliphatic hydroxyl groups excluding tert-OH is 1. The number of aromatic nitrogens is 4. The third-order valence-electron chi connectivity index (χ3n) is 8.17. The van der Waals surface area contributed by atoms with Crippen molar-refractivity contribution < 1.29 is 14.3 Å². The van der Waals surface area contributed by atoms with Gasteiger partial charge in [-0.15, -0.1) is 0 Å². The van der Waals surface area contributed by atoms with Crippen molar-refractivity contribution in [1.29, 1.82) is 0 Å². The Balaban J connectivity index is 1.51. The van der Waals surface area contributed by atoms with Gasteiger partial charge in [-0.3, -0.25) is 14.4 Å². The second-order valence-electron chi connectivity index (χ2n) is 13.3. The van der Waals surface area contributed by atoms with Gasteiger partial charge in [0, 0.05) is 49.1 Å². The molecule has 10 heteroatoms. The fraction of sp³-hybridized carbons (Fsp3) is 0.289. The summed E-state index contributed by atoms with van der Waals surface area (Å²) < 4.78 is 17.9. The average Bonchev–Trinajstić information content (AvgIpc) is 3.02. The molecule has 0 saturated carbocycles. The van der Waals surface area contributed by atoms with Crippen LogP contribution >= 0.6 is 0 Å². The molecule has 0 spiro atoms. The highest BCUT2D eigenvalue weighted by Crippen LogP contribution is 2.29. The lowest BCUT2D eigenvalue weighted by Crippen LogP contribution is -2.25. The Morgan fingerprint density at radius 3 is 2.46 bits per heavy atom. The lowest BCUT2D eigenvalue weighted by molar-refractivity contribution is -0.114. The molecule has 248 valence electrons. The molecule has 0 unspecified atom stereocenters. The number of hydrogen-bond donors (Lipinski definition) is 1. The number of allylic oxidation sites excluding steroid dienone is 1. The maximum atomic E-state index is 15.4. The Morgan fingerprint density at radius 1 is 1.02 bits per heavy atom. The smallest absolute Gasteiger partial charge is 0.282 e. The van der Waals surface area contributed by atoms with Gasteiger partial charge in [0.2, 0.25) is 0 Å². The first-order valence-electron chi connectivity index (χ1n) is 15.7. The maximum absolute atomic E-state index is 15.4. The predicted octanol–water partition coefficient (Wildman–Crippen LogP) is 4.90. The molecule has 2 heterocycles. The van der Waals surface area contributed by atoms with Gasteiger partial charge < -0.3 is 14.6 Å². The van der Waals surface area contributed by atoms with Gasteiger partial charge in [0.15, 0.2) is 5.78 Å². The number of halogens is 1. The fourth-order valence-corrected chi connectivity index (χ4v) is 5.63. The van der Waals surface area contributed by atoms with Crippen LogP contribution in [0.15, 0.2) is 88.7 Å². The van der Waals surface area contributed by atoms with Crippen molar-refractivity contribution in [3.8, 4) is 16.9 Å². The van der Waals surface area contributed by atoms with E-state index in [1.165, 1.54) is 16.8 Å². The summed E-state index contributed by atoms with van der Waals surface area (Å²) in [6, 6.07) is 15.7. The maximum Gasteiger partial charge on any atom is 0.282 e. The quantitative estimate of drug-likeness (QED) is 0.215. The molecule has 0 atom stereocenters. The molecule has 0 aliphatic heterocycles. The third kappa shape index (κ3) is 7.40. The highest BCUT2D eigenvalue weighted by molar-refractivity contribution is 5.91. The van der Waals surface area contributed by atoms with Crippen molar-refractivity contribution in [1.82, 2.24) is 24.2 Å². The van der Waals surface area contributed by atoms with Gasteiger partial charge in [0.25, 0.3) is 11.1 Å². The first kappa shape index (κ1) is 34.3. The molecule has 0 aliphatic rings. The van der Waals surface area contributed by atoms with Crippen molar-refractivity contribution in [3.63, 3.8) is 0 Å². The Labute approximate surface area is 278 Å². The van der Waals surface area contributed by atoms with Crippen molar-refractivity contribution in [2.24, 2.45) is 7.05 Å². The third-order valence-corrected chi connectivity index (χ3v) is 8.17. The molecule has 0 amide bonds. The number of fused-ring (bicyclic) bond motifs is 1. The Morgan fingerprint density at radius 2 is 1.75 bits per heavy atom. The number of likely N-dealkylation sites (N-methyl/N-ethyl adjacent to an activating group) is 1. The minimum absolute atomic E-state index is 0.0149. The largest absolute Gasteiger partial charge is 0.392 e. The van der Waals surface area contributed by atoms with E-state index in [9.17, 15) is 19.5 Å². The van der Waals surface area contributed by atoms with Gasteiger partial charge in [-0.1, -0.05) is 63.2 Å². The summed E-state index contributed by atoms with van der Waals surface area (Å²) in [7, 11) is 5.49. The van der Waals surface area contributed by atoms with E-state index in [1.807, 2.05) is 70.1 Å². The molecule has 0 fully saturated rings. The predicted molar refractivity (Wildman–Crippen MR) is 186 cm³/mol. The summed E-state index contributed by atoms with van der Waals surface area (Å²) in [5, 5.41) is 15.2. The Kier molecular flexibility index (Phi) is 9.98. The van der Waals surface area contributed by atoms with E-state index in [0.29, 0.717) is 28.8 Å². The first-order chi connectivity index (χ1) is 22.8. The summed E-state index contributed by atoms with van der Waals surface area (Å²) in [5.41, 5.74) is 2.92. The first-order valence-corrected chi connectivity index (χ1v) is 15.7. The summed E-state index contributed by atoms with van der Waals surface area (Å²) in [6.45, 7) is 6.10. The van der Waals surface area contributed by atoms with E-state index in [0.717, 1.165) is 21.4 Å². The van der Waals surface area contributed by atoms with Crippen LogP contribution in [0.1, 0.15) is 48.7 Å². The number of nitrogens with zero attached hydrogens (tertiary/aromatic N) is 5. The molecule has 0 aliphatic carbocycles. The molecular formula is C38H40FN5O4. The number of hydrogen-bond acceptors (Lipinski definition) is 7. The molecule has 5 aromatic rings. The van der Waals surface area contributed by atoms with E-state index >= 15 is 4.39 Å². The highest BCUT2D eigenvalue weighted by atomic mass is 19.1. The normalized spacial score (nSPS) is 12.0. The van der Waals surface area contributed by atoms with Gasteiger partial charge in [0.1, 0.15) is 11.5 Å². The van der Waals surface area contributed by atoms with Crippen LogP contribution in [-0.4, -0.2) is 55.8 Å². The number of carbonyl (C=O) groups excluding carboxylic acids is 1. The second kappa shape index (κ2) is 14.0. The van der Waals surface area contributed by atoms with Crippen molar-refractivity contribution >= 4 is 16.6 Å². The van der Waals surface area contributed by atoms with Gasteiger partial charge in [-0.25, -0.2) is 9.37 Å². The minimum Gasteiger partial charge on any atom is -0.392 e. The number of benzene rings is 3. The molecule has 5 rings (SSSR count). The number of aliphatic hydroxyl groups is 1. The zero-order valence-electron chi connectivity index (χ0n) is 28.1. The summed E-state index contributed by atoms with van der Waals surface area (Å²) in [4.78, 5) is 46.0. The molecule has 0 radical (unpaired) electrons. The number of rotatable bonds is 10. The van der Waals surface area contributed by atoms with Gasteiger partial charge in [0.05, 0.1) is 29.6 Å². The lowest BCUT2D eigenvalue weighted by Gasteiger charge is -2.20. The molecular weight excluding hydrogens is 609 g/mol. The second-order valence-corrected chi connectivity index (χ2v) is 13.3. The topological polar surface area (TPSA) is 110 Å². The van der Waals surface area contributed by atoms with Crippen LogP contribution in [0.25, 0.3) is 27.7 Å². The van der Waals surface area contributed by atoms with E-state index < -0.39 is 18.0 Å². The van der Waals surface area contributed by atoms with Crippen LogP contribution in [0.4, 0.5) is 4.39 Å². The lowest BCUT2D eigenvalue weighted by atomic mass is 9.86. The van der Waals surface area contributed by atoms with E-state index in [-0.39, 0.29) is 46.4 Å². The monoisotopic (exact) mass is 649 g/mol. The van der Waals surface area contributed by atoms with Crippen LogP contribution in [-0.2, 0) is 36.7 Å². The summed E-state index contributed by atoms with van der Waals surface area (Å²) in [6.07, 6.45) is 6.89. The van der Waals surface area contributed by atoms with Crippen molar-refractivity contribution in [2.45, 2.75) is 45.6 Å². The highest BCUT2D eigenvalue weighted by Gasteiger charge is 2.21. The fourth-order valence-electron chi connectivity index (χ4n) is 5.63. The van der Waals surface area contributed by atoms with Crippen LogP contribution in [0.5, 0.6) is 0 Å². The van der Waals surface area contributed by atoms with E-state index in [1.54, 1.807) is 43.6 Å². The van der Waals surface area contributed by atoms with Crippen LogP contribution in [0, 0.1) is 5.82 Å². The van der Waals surface area contributed by atoms with Crippen LogP contribution in [0.3, 0.4) is 0 Å². The van der Waals surface area contributed by atoms with Gasteiger partial charge >= 0.3 is 0 Å². The molecule has 0 bridgehead atoms. The average molecular weight is 650 g/mol. The molecule has 2 aromatic heterocycles. The zero-order valence-corrected chi connectivity index (χ0v) is 28.1. The van der Waals surface area contributed by atoms with Gasteiger partial charge in [-0.2, -0.15) is 9.78 Å². The number of ketones is 1. The number of carbonyl (C=O) groups is 1. The standard InChI is InChI=1S/C38H40FN5O4/c1-38(2,3)27-19-26-21-40-44(37(48)35(26)31(39)20-27)34-14-8-13-29(30(34)23-45)33-22-43(6)36(47)32(41-33)18-25-11-7-10-24(16-25)17-28(46)12-9-15-42(4)5/h7-14,16,19-22,45H,15,17-18,23H2,1-6H3/b12-9+. The number of aryl methyl sites for hydroxylation is 1. The van der Waals surface area contributed by atoms with E-state index in [2.05, 4.69) is 5.10 Å². The van der Waals surface area contributed by atoms with Gasteiger partial charge in [-0.05, 0) is 60.5 Å². The zero-order chi connectivity index (χ0) is 34.7. The molecule has 3 aromatic carbocycles. The summed E-state index contributed by atoms with van der Waals surface area (Å²) >= 11 is 0. The van der Waals surface area contributed by atoms with Crippen LogP contribution < -0.4 is 11.1 Å². The minimum atomic E-state index is -0.655. The Hall–Kier alpha value is -5.06. The molecule has 9 nitrogen and oxygen atoms in total. The van der Waals surface area contributed by atoms with Crippen molar-refractivity contribution in [2.75, 3.05) is 20.6 Å². The Bertz CT molecular complexity index is 2160. The molecule has 0 saturated heterocycles.